The van der Waals surface area contributed by atoms with E-state index in [0.717, 1.165) is 31.2 Å². The minimum atomic E-state index is 0.330. The molecule has 20 heavy (non-hydrogen) atoms. The van der Waals surface area contributed by atoms with Crippen LogP contribution < -0.4 is 10.5 Å². The number of methoxy groups -OCH3 is 1. The van der Waals surface area contributed by atoms with Crippen LogP contribution in [-0.4, -0.2) is 41.4 Å². The van der Waals surface area contributed by atoms with Crippen molar-refractivity contribution in [2.75, 3.05) is 26.7 Å². The van der Waals surface area contributed by atoms with Crippen molar-refractivity contribution in [2.45, 2.75) is 39.2 Å². The van der Waals surface area contributed by atoms with E-state index in [-0.39, 0.29) is 0 Å². The third-order valence-corrected chi connectivity index (χ3v) is 4.52. The van der Waals surface area contributed by atoms with E-state index in [2.05, 4.69) is 23.8 Å². The number of hydrogen-bond donors (Lipinski definition) is 1. The maximum absolute atomic E-state index is 6.07. The topological polar surface area (TPSA) is 56.3 Å². The molecular formula is C15H28N4O. The Labute approximate surface area is 122 Å². The monoisotopic (exact) mass is 280 g/mol. The van der Waals surface area contributed by atoms with Crippen molar-refractivity contribution in [3.8, 4) is 5.88 Å². The molecule has 2 heterocycles. The molecule has 0 aliphatic carbocycles. The van der Waals surface area contributed by atoms with Gasteiger partial charge in [0.05, 0.1) is 18.4 Å². The van der Waals surface area contributed by atoms with Crippen molar-refractivity contribution < 1.29 is 4.74 Å². The molecule has 1 saturated heterocycles. The number of aromatic nitrogens is 2. The van der Waals surface area contributed by atoms with Crippen LogP contribution in [-0.2, 0) is 7.05 Å². The highest BCUT2D eigenvalue weighted by Gasteiger charge is 2.34. The molecule has 1 aliphatic heterocycles. The second-order valence-corrected chi connectivity index (χ2v) is 5.70. The minimum absolute atomic E-state index is 0.330. The maximum atomic E-state index is 6.07. The summed E-state index contributed by atoms with van der Waals surface area (Å²) in [6, 6.07) is 0.330. The normalized spacial score (nSPS) is 24.6. The summed E-state index contributed by atoms with van der Waals surface area (Å²) in [6.45, 7) is 7.20. The zero-order valence-electron chi connectivity index (χ0n) is 13.2. The van der Waals surface area contributed by atoms with Gasteiger partial charge in [-0.2, -0.15) is 5.10 Å². The second-order valence-electron chi connectivity index (χ2n) is 5.70. The second kappa shape index (κ2) is 6.59. The molecule has 0 saturated carbocycles. The van der Waals surface area contributed by atoms with Crippen LogP contribution in [0.2, 0.25) is 0 Å². The first-order chi connectivity index (χ1) is 9.63. The standard InChI is InChI=1S/C15H28N4O/c1-5-19-9-7-6-8-12(10-16)14(19)13-11(2)17-18(3)15(13)20-4/h12,14H,5-10,16H2,1-4H3. The molecule has 0 spiro atoms. The zero-order chi connectivity index (χ0) is 14.7. The van der Waals surface area contributed by atoms with Crippen LogP contribution in [0.25, 0.3) is 0 Å². The van der Waals surface area contributed by atoms with E-state index < -0.39 is 0 Å². The molecule has 2 N–H and O–H groups in total. The van der Waals surface area contributed by atoms with Gasteiger partial charge in [-0.25, -0.2) is 4.68 Å². The first-order valence-electron chi connectivity index (χ1n) is 7.65. The highest BCUT2D eigenvalue weighted by molar-refractivity contribution is 5.35. The molecule has 2 unspecified atom stereocenters. The van der Waals surface area contributed by atoms with Crippen molar-refractivity contribution in [3.63, 3.8) is 0 Å². The highest BCUT2D eigenvalue weighted by atomic mass is 16.5. The maximum Gasteiger partial charge on any atom is 0.216 e. The number of ether oxygens (including phenoxy) is 1. The van der Waals surface area contributed by atoms with E-state index in [0.29, 0.717) is 12.0 Å². The Balaban J connectivity index is 2.48. The zero-order valence-corrected chi connectivity index (χ0v) is 13.2. The molecule has 1 aliphatic rings. The number of nitrogens with two attached hydrogens (primary N) is 1. The van der Waals surface area contributed by atoms with E-state index in [4.69, 9.17) is 10.5 Å². The smallest absolute Gasteiger partial charge is 0.216 e. The molecule has 2 rings (SSSR count). The van der Waals surface area contributed by atoms with E-state index >= 15 is 0 Å². The largest absolute Gasteiger partial charge is 0.481 e. The fraction of sp³-hybridized carbons (Fsp3) is 0.800. The lowest BCUT2D eigenvalue weighted by atomic mass is 9.89. The third-order valence-electron chi connectivity index (χ3n) is 4.52. The Bertz CT molecular complexity index is 429. The molecule has 0 bridgehead atoms. The summed E-state index contributed by atoms with van der Waals surface area (Å²) >= 11 is 0. The summed E-state index contributed by atoms with van der Waals surface area (Å²) in [5, 5.41) is 4.55. The summed E-state index contributed by atoms with van der Waals surface area (Å²) < 4.78 is 7.45. The first kappa shape index (κ1) is 15.3. The van der Waals surface area contributed by atoms with Crippen LogP contribution in [0.5, 0.6) is 5.88 Å². The Kier molecular flexibility index (Phi) is 5.05. The number of hydrogen-bond acceptors (Lipinski definition) is 4. The average Bonchev–Trinajstić information content (AvgIpc) is 2.62. The lowest BCUT2D eigenvalue weighted by Gasteiger charge is -2.34. The summed E-state index contributed by atoms with van der Waals surface area (Å²) in [6.07, 6.45) is 3.70. The van der Waals surface area contributed by atoms with E-state index in [1.54, 1.807) is 7.11 Å². The SMILES string of the molecule is CCN1CCCCC(CN)C1c1c(C)nn(C)c1OC. The van der Waals surface area contributed by atoms with Crippen molar-refractivity contribution >= 4 is 0 Å². The van der Waals surface area contributed by atoms with Crippen molar-refractivity contribution in [2.24, 2.45) is 18.7 Å². The highest BCUT2D eigenvalue weighted by Crippen LogP contribution is 2.40. The molecule has 1 aromatic rings. The van der Waals surface area contributed by atoms with E-state index in [1.165, 1.54) is 24.8 Å². The molecule has 0 radical (unpaired) electrons. The predicted molar refractivity (Wildman–Crippen MR) is 80.9 cm³/mol. The molecule has 1 aromatic heterocycles. The molecule has 0 aromatic carbocycles. The van der Waals surface area contributed by atoms with Gasteiger partial charge in [0.2, 0.25) is 5.88 Å². The molecular weight excluding hydrogens is 252 g/mol. The summed E-state index contributed by atoms with van der Waals surface area (Å²) in [7, 11) is 3.67. The quantitative estimate of drug-likeness (QED) is 0.914. The summed E-state index contributed by atoms with van der Waals surface area (Å²) in [4.78, 5) is 2.54. The van der Waals surface area contributed by atoms with Crippen LogP contribution in [0.4, 0.5) is 0 Å². The Morgan fingerprint density at radius 2 is 2.15 bits per heavy atom. The van der Waals surface area contributed by atoms with Gasteiger partial charge in [-0.1, -0.05) is 13.3 Å². The van der Waals surface area contributed by atoms with Crippen molar-refractivity contribution in [1.29, 1.82) is 0 Å². The van der Waals surface area contributed by atoms with Crippen LogP contribution >= 0.6 is 0 Å². The molecule has 5 nitrogen and oxygen atoms in total. The number of nitrogens with zero attached hydrogens (tertiary/aromatic N) is 3. The Hall–Kier alpha value is -1.07. The van der Waals surface area contributed by atoms with Gasteiger partial charge < -0.3 is 10.5 Å². The number of aryl methyl sites for hydroxylation is 2. The van der Waals surface area contributed by atoms with Crippen molar-refractivity contribution in [1.82, 2.24) is 14.7 Å². The van der Waals surface area contributed by atoms with Crippen LogP contribution in [0.3, 0.4) is 0 Å². The van der Waals surface area contributed by atoms with Gasteiger partial charge in [-0.05, 0) is 45.3 Å². The summed E-state index contributed by atoms with van der Waals surface area (Å²) in [5.74, 6) is 1.36. The fourth-order valence-electron chi connectivity index (χ4n) is 3.57. The van der Waals surface area contributed by atoms with Gasteiger partial charge in [0.15, 0.2) is 0 Å². The van der Waals surface area contributed by atoms with Crippen LogP contribution in [0.1, 0.15) is 43.5 Å². The van der Waals surface area contributed by atoms with Crippen LogP contribution in [0.15, 0.2) is 0 Å². The first-order valence-corrected chi connectivity index (χ1v) is 7.65. The number of rotatable bonds is 4. The van der Waals surface area contributed by atoms with Crippen LogP contribution in [0, 0.1) is 12.8 Å². The van der Waals surface area contributed by atoms with Gasteiger partial charge in [0.25, 0.3) is 0 Å². The van der Waals surface area contributed by atoms with Gasteiger partial charge in [0.1, 0.15) is 0 Å². The fourth-order valence-corrected chi connectivity index (χ4v) is 3.57. The molecule has 5 heteroatoms. The van der Waals surface area contributed by atoms with Gasteiger partial charge >= 0.3 is 0 Å². The van der Waals surface area contributed by atoms with Gasteiger partial charge in [-0.15, -0.1) is 0 Å². The summed E-state index contributed by atoms with van der Waals surface area (Å²) in [5.41, 5.74) is 8.36. The average molecular weight is 280 g/mol. The molecule has 1 fully saturated rings. The minimum Gasteiger partial charge on any atom is -0.481 e. The van der Waals surface area contributed by atoms with E-state index in [9.17, 15) is 0 Å². The number of likely N-dealkylation sites (tertiary alicyclic amines) is 1. The predicted octanol–water partition coefficient (Wildman–Crippen LogP) is 1.86. The lowest BCUT2D eigenvalue weighted by molar-refractivity contribution is 0.162. The third kappa shape index (κ3) is 2.69. The Morgan fingerprint density at radius 3 is 2.75 bits per heavy atom. The molecule has 2 atom stereocenters. The van der Waals surface area contributed by atoms with E-state index in [1.807, 2.05) is 11.7 Å². The molecule has 0 amide bonds. The molecule has 114 valence electrons. The lowest BCUT2D eigenvalue weighted by Crippen LogP contribution is -2.36. The van der Waals surface area contributed by atoms with Gasteiger partial charge in [0, 0.05) is 13.1 Å². The van der Waals surface area contributed by atoms with Crippen molar-refractivity contribution in [3.05, 3.63) is 11.3 Å². The van der Waals surface area contributed by atoms with Gasteiger partial charge in [-0.3, -0.25) is 4.90 Å². The Morgan fingerprint density at radius 1 is 1.40 bits per heavy atom.